The maximum atomic E-state index is 12.6. The molecule has 120 valence electrons. The summed E-state index contributed by atoms with van der Waals surface area (Å²) in [5.41, 5.74) is 0. The van der Waals surface area contributed by atoms with Crippen molar-refractivity contribution in [2.24, 2.45) is 5.92 Å². The molecule has 0 bridgehead atoms. The summed E-state index contributed by atoms with van der Waals surface area (Å²) in [5, 5.41) is 3.31. The molecule has 0 saturated carbocycles. The van der Waals surface area contributed by atoms with Crippen LogP contribution in [0.1, 0.15) is 47.0 Å². The lowest BCUT2D eigenvalue weighted by atomic mass is 9.97. The minimum Gasteiger partial charge on any atom is -0.314 e. The first-order valence-electron chi connectivity index (χ1n) is 7.71. The van der Waals surface area contributed by atoms with Crippen molar-refractivity contribution in [2.75, 3.05) is 26.7 Å². The van der Waals surface area contributed by atoms with Crippen LogP contribution in [-0.2, 0) is 10.2 Å². The molecule has 1 fully saturated rings. The van der Waals surface area contributed by atoms with Gasteiger partial charge in [0.15, 0.2) is 0 Å². The molecule has 0 radical (unpaired) electrons. The average Bonchev–Trinajstić information content (AvgIpc) is 2.36. The van der Waals surface area contributed by atoms with E-state index in [0.29, 0.717) is 25.0 Å². The van der Waals surface area contributed by atoms with E-state index in [1.54, 1.807) is 11.4 Å². The smallest absolute Gasteiger partial charge is 0.281 e. The number of nitrogens with one attached hydrogen (secondary N) is 1. The van der Waals surface area contributed by atoms with Gasteiger partial charge < -0.3 is 5.32 Å². The minimum atomic E-state index is -3.31. The summed E-state index contributed by atoms with van der Waals surface area (Å²) in [4.78, 5) is 0. The SMILES string of the molecule is CC1CCC(C)N(S(=O)(=O)N(C)CCCNC(C)C)C1. The van der Waals surface area contributed by atoms with Gasteiger partial charge in [0.2, 0.25) is 0 Å². The van der Waals surface area contributed by atoms with Crippen molar-refractivity contribution in [1.82, 2.24) is 13.9 Å². The molecule has 5 nitrogen and oxygen atoms in total. The third kappa shape index (κ3) is 4.98. The summed E-state index contributed by atoms with van der Waals surface area (Å²) in [6.45, 7) is 10.4. The van der Waals surface area contributed by atoms with E-state index < -0.39 is 10.2 Å². The first-order valence-corrected chi connectivity index (χ1v) is 9.11. The van der Waals surface area contributed by atoms with Crippen molar-refractivity contribution in [3.05, 3.63) is 0 Å². The molecule has 1 saturated heterocycles. The number of rotatable bonds is 7. The Balaban J connectivity index is 2.53. The lowest BCUT2D eigenvalue weighted by Crippen LogP contribution is -2.50. The normalized spacial score (nSPS) is 25.6. The molecule has 6 heteroatoms. The van der Waals surface area contributed by atoms with Crippen molar-refractivity contribution in [3.8, 4) is 0 Å². The van der Waals surface area contributed by atoms with E-state index in [9.17, 15) is 8.42 Å². The summed E-state index contributed by atoms with van der Waals surface area (Å²) in [6, 6.07) is 0.562. The summed E-state index contributed by atoms with van der Waals surface area (Å²) < 4.78 is 28.4. The first-order chi connectivity index (χ1) is 9.25. The predicted octanol–water partition coefficient (Wildman–Crippen LogP) is 1.67. The number of nitrogens with zero attached hydrogens (tertiary/aromatic N) is 2. The van der Waals surface area contributed by atoms with Crippen molar-refractivity contribution >= 4 is 10.2 Å². The minimum absolute atomic E-state index is 0.118. The van der Waals surface area contributed by atoms with Crippen LogP contribution in [0.5, 0.6) is 0 Å². The van der Waals surface area contributed by atoms with Crippen LogP contribution in [0.4, 0.5) is 0 Å². The highest BCUT2D eigenvalue weighted by Gasteiger charge is 2.34. The van der Waals surface area contributed by atoms with E-state index in [1.165, 1.54) is 4.31 Å². The highest BCUT2D eigenvalue weighted by Crippen LogP contribution is 2.25. The van der Waals surface area contributed by atoms with E-state index in [1.807, 2.05) is 6.92 Å². The van der Waals surface area contributed by atoms with E-state index in [2.05, 4.69) is 26.1 Å². The summed E-state index contributed by atoms with van der Waals surface area (Å²) >= 11 is 0. The topological polar surface area (TPSA) is 52.7 Å². The Morgan fingerprint density at radius 3 is 2.55 bits per heavy atom. The van der Waals surface area contributed by atoms with Gasteiger partial charge in [-0.25, -0.2) is 0 Å². The van der Waals surface area contributed by atoms with Crippen molar-refractivity contribution in [3.63, 3.8) is 0 Å². The molecule has 1 aliphatic heterocycles. The fourth-order valence-electron chi connectivity index (χ4n) is 2.56. The zero-order chi connectivity index (χ0) is 15.3. The Bertz CT molecular complexity index is 384. The molecule has 20 heavy (non-hydrogen) atoms. The van der Waals surface area contributed by atoms with Crippen molar-refractivity contribution < 1.29 is 8.42 Å². The maximum absolute atomic E-state index is 12.6. The van der Waals surface area contributed by atoms with Crippen LogP contribution in [0, 0.1) is 5.92 Å². The molecule has 1 N–H and O–H groups in total. The summed E-state index contributed by atoms with van der Waals surface area (Å²) in [7, 11) is -1.61. The molecule has 0 aromatic carbocycles. The van der Waals surface area contributed by atoms with Crippen LogP contribution in [0.25, 0.3) is 0 Å². The van der Waals surface area contributed by atoms with Gasteiger partial charge in [0.25, 0.3) is 10.2 Å². The molecule has 0 aromatic heterocycles. The van der Waals surface area contributed by atoms with Gasteiger partial charge in [-0.3, -0.25) is 0 Å². The van der Waals surface area contributed by atoms with Gasteiger partial charge in [-0.2, -0.15) is 17.0 Å². The second kappa shape index (κ2) is 7.73. The van der Waals surface area contributed by atoms with Crippen LogP contribution < -0.4 is 5.32 Å². The fraction of sp³-hybridized carbons (Fsp3) is 1.00. The predicted molar refractivity (Wildman–Crippen MR) is 83.9 cm³/mol. The van der Waals surface area contributed by atoms with Gasteiger partial charge in [-0.05, 0) is 38.6 Å². The Hall–Kier alpha value is -0.170. The largest absolute Gasteiger partial charge is 0.314 e. The van der Waals surface area contributed by atoms with E-state index >= 15 is 0 Å². The third-order valence-electron chi connectivity index (χ3n) is 3.95. The monoisotopic (exact) mass is 305 g/mol. The number of hydrogen-bond donors (Lipinski definition) is 1. The van der Waals surface area contributed by atoms with Gasteiger partial charge in [-0.1, -0.05) is 20.8 Å². The van der Waals surface area contributed by atoms with Gasteiger partial charge in [0.1, 0.15) is 0 Å². The second-order valence-electron chi connectivity index (χ2n) is 6.39. The number of piperidine rings is 1. The van der Waals surface area contributed by atoms with Gasteiger partial charge in [0.05, 0.1) is 0 Å². The molecule has 1 heterocycles. The highest BCUT2D eigenvalue weighted by molar-refractivity contribution is 7.86. The van der Waals surface area contributed by atoms with Gasteiger partial charge >= 0.3 is 0 Å². The number of hydrogen-bond acceptors (Lipinski definition) is 3. The first kappa shape index (κ1) is 17.9. The molecule has 0 aliphatic carbocycles. The second-order valence-corrected chi connectivity index (χ2v) is 8.38. The Labute approximate surface area is 124 Å². The maximum Gasteiger partial charge on any atom is 0.281 e. The molecule has 0 aromatic rings. The molecule has 1 aliphatic rings. The molecule has 2 unspecified atom stereocenters. The van der Waals surface area contributed by atoms with Crippen LogP contribution in [0.15, 0.2) is 0 Å². The quantitative estimate of drug-likeness (QED) is 0.728. The molecule has 2 atom stereocenters. The lowest BCUT2D eigenvalue weighted by Gasteiger charge is -2.37. The Morgan fingerprint density at radius 2 is 1.95 bits per heavy atom. The van der Waals surface area contributed by atoms with Crippen LogP contribution in [0.2, 0.25) is 0 Å². The van der Waals surface area contributed by atoms with Crippen molar-refractivity contribution in [2.45, 2.75) is 59.0 Å². The molecular formula is C14H31N3O2S. The zero-order valence-corrected chi connectivity index (χ0v) is 14.4. The van der Waals surface area contributed by atoms with Crippen LogP contribution in [0.3, 0.4) is 0 Å². The fourth-order valence-corrected chi connectivity index (χ4v) is 4.28. The van der Waals surface area contributed by atoms with E-state index in [4.69, 9.17) is 0 Å². The molecular weight excluding hydrogens is 274 g/mol. The van der Waals surface area contributed by atoms with Crippen LogP contribution in [-0.4, -0.2) is 55.8 Å². The van der Waals surface area contributed by atoms with E-state index in [-0.39, 0.29) is 6.04 Å². The Kier molecular flexibility index (Phi) is 6.91. The van der Waals surface area contributed by atoms with E-state index in [0.717, 1.165) is 25.8 Å². The zero-order valence-electron chi connectivity index (χ0n) is 13.6. The molecule has 0 amide bonds. The van der Waals surface area contributed by atoms with Gasteiger partial charge in [-0.15, -0.1) is 0 Å². The summed E-state index contributed by atoms with van der Waals surface area (Å²) in [5.74, 6) is 0.456. The van der Waals surface area contributed by atoms with Crippen LogP contribution >= 0.6 is 0 Å². The molecule has 1 rings (SSSR count). The standard InChI is InChI=1S/C14H31N3O2S/c1-12(2)15-9-6-10-16(5)20(18,19)17-11-13(3)7-8-14(17)4/h12-15H,6-11H2,1-5H3. The highest BCUT2D eigenvalue weighted by atomic mass is 32.2. The average molecular weight is 305 g/mol. The molecule has 0 spiro atoms. The van der Waals surface area contributed by atoms with Gasteiger partial charge in [0, 0.05) is 32.2 Å². The lowest BCUT2D eigenvalue weighted by molar-refractivity contribution is 0.205. The van der Waals surface area contributed by atoms with Crippen molar-refractivity contribution in [1.29, 1.82) is 0 Å². The Morgan fingerprint density at radius 1 is 1.30 bits per heavy atom. The third-order valence-corrected chi connectivity index (χ3v) is 6.03. The summed E-state index contributed by atoms with van der Waals surface area (Å²) in [6.07, 6.45) is 2.92.